The molecule has 12 rings (SSSR count). The second kappa shape index (κ2) is 22.0. The summed E-state index contributed by atoms with van der Waals surface area (Å²) in [5.41, 5.74) is 9.18. The monoisotopic (exact) mass is 1040 g/mol. The topological polar surface area (TPSA) is 53.5 Å². The highest BCUT2D eigenvalue weighted by Crippen LogP contribution is 2.40. The first-order valence-electron chi connectivity index (χ1n) is 25.8. The molecule has 0 amide bonds. The Morgan fingerprint density at radius 1 is 0.263 bits per heavy atom. The molecule has 0 aliphatic heterocycles. The van der Waals surface area contributed by atoms with E-state index in [1.54, 1.807) is 0 Å². The Balaban J connectivity index is 1.04. The number of aromatic nitrogens is 6. The van der Waals surface area contributed by atoms with E-state index in [-0.39, 0.29) is 0 Å². The maximum Gasteiger partial charge on any atom is 0.326 e. The van der Waals surface area contributed by atoms with Crippen molar-refractivity contribution in [1.29, 1.82) is 0 Å². The van der Waals surface area contributed by atoms with Gasteiger partial charge in [-0.05, 0) is 128 Å². The van der Waals surface area contributed by atoms with Gasteiger partial charge in [0.25, 0.3) is 0 Å². The molecule has 0 radical (unpaired) electrons. The summed E-state index contributed by atoms with van der Waals surface area (Å²) >= 11 is 0. The normalized spacial score (nSPS) is 11.6. The van der Waals surface area contributed by atoms with Crippen LogP contribution in [0.1, 0.15) is 17.1 Å². The Hall–Kier alpha value is -8.04. The molecule has 10 heteroatoms. The molecule has 0 saturated heterocycles. The number of benzene rings is 9. The third kappa shape index (κ3) is 9.75. The van der Waals surface area contributed by atoms with Gasteiger partial charge in [-0.1, -0.05) is 255 Å². The zero-order valence-electron chi connectivity index (χ0n) is 42.7. The van der Waals surface area contributed by atoms with Crippen molar-refractivity contribution in [2.45, 2.75) is 20.8 Å². The van der Waals surface area contributed by atoms with E-state index >= 15 is 0 Å². The Morgan fingerprint density at radius 3 is 0.684 bits per heavy atom. The van der Waals surface area contributed by atoms with Crippen molar-refractivity contribution >= 4 is 78.6 Å². The molecule has 0 aliphatic carbocycles. The number of rotatable bonds is 15. The third-order valence-corrected chi connectivity index (χ3v) is 21.6. The number of aryl methyl sites for hydroxylation is 3. The highest BCUT2D eigenvalue weighted by atomic mass is 31.1. The molecule has 0 fully saturated rings. The summed E-state index contributed by atoms with van der Waals surface area (Å²) in [7, 11) is -4.64. The van der Waals surface area contributed by atoms with Gasteiger partial charge in [0.2, 0.25) is 0 Å². The van der Waals surface area contributed by atoms with Gasteiger partial charge < -0.3 is 13.8 Å². The summed E-state index contributed by atoms with van der Waals surface area (Å²) in [6, 6.07) is 98.8. The van der Waals surface area contributed by atoms with Crippen molar-refractivity contribution in [3.8, 4) is 33.8 Å². The van der Waals surface area contributed by atoms with Crippen molar-refractivity contribution in [3.05, 3.63) is 290 Å². The van der Waals surface area contributed by atoms with E-state index < -0.39 is 30.9 Å². The largest absolute Gasteiger partial charge is 0.400 e. The van der Waals surface area contributed by atoms with Crippen LogP contribution in [0, 0.1) is 20.8 Å². The predicted octanol–water partition coefficient (Wildman–Crippen LogP) is 11.1. The Morgan fingerprint density at radius 2 is 0.461 bits per heavy atom. The number of hydrogen-bond donors (Lipinski definition) is 0. The Kier molecular flexibility index (Phi) is 14.2. The highest BCUT2D eigenvalue weighted by Gasteiger charge is 2.28. The molecule has 9 aromatic carbocycles. The summed E-state index contributed by atoms with van der Waals surface area (Å²) in [6.07, 6.45) is 0. The van der Waals surface area contributed by atoms with Gasteiger partial charge in [-0.3, -0.25) is 0 Å². The minimum absolute atomic E-state index is 0.909. The van der Waals surface area contributed by atoms with Crippen molar-refractivity contribution in [2.75, 3.05) is 0 Å². The lowest BCUT2D eigenvalue weighted by molar-refractivity contribution is 0.743. The van der Waals surface area contributed by atoms with Gasteiger partial charge >= 0.3 is 7.12 Å². The van der Waals surface area contributed by atoms with Gasteiger partial charge in [0.1, 0.15) is 0 Å². The van der Waals surface area contributed by atoms with Crippen LogP contribution in [-0.4, -0.2) is 36.2 Å². The van der Waals surface area contributed by atoms with Crippen molar-refractivity contribution in [1.82, 2.24) is 29.1 Å². The molecule has 0 bridgehead atoms. The molecule has 0 spiro atoms. The van der Waals surface area contributed by atoms with Crippen LogP contribution >= 0.6 is 23.8 Å². The van der Waals surface area contributed by atoms with Crippen LogP contribution in [-0.2, 0) is 0 Å². The molecule has 0 atom stereocenters. The standard InChI is InChI=1S/C66H55BN6P3/c1-49-46-61(58-40-22-25-43-64(58)74(52-28-10-4-11-29-52)53-30-12-5-13-31-53)68-71(49)67(72-50(2)47-62(69-72)59-41-23-26-44-65(59)75(54-32-14-6-15-33-54)55-34-16-7-17-35-55)73-51(3)48-63(70-73)60-42-24-27-45-66(60)76(56-36-18-8-19-37-56)57-38-20-9-21-39-57/h4-48,67H,1-3H3/q-1. The third-order valence-electron chi connectivity index (χ3n) is 14.1. The lowest BCUT2D eigenvalue weighted by Gasteiger charge is -2.31. The van der Waals surface area contributed by atoms with E-state index in [0.717, 1.165) is 50.9 Å². The van der Waals surface area contributed by atoms with E-state index in [4.69, 9.17) is 15.3 Å². The Bertz CT molecular complexity index is 3360. The van der Waals surface area contributed by atoms with E-state index in [2.05, 4.69) is 308 Å². The van der Waals surface area contributed by atoms with Gasteiger partial charge in [-0.25, -0.2) is 15.3 Å². The Labute approximate surface area is 449 Å². The van der Waals surface area contributed by atoms with Crippen molar-refractivity contribution in [2.24, 2.45) is 0 Å². The minimum Gasteiger partial charge on any atom is -0.400 e. The van der Waals surface area contributed by atoms with E-state index in [9.17, 15) is 0 Å². The summed E-state index contributed by atoms with van der Waals surface area (Å²) in [6.45, 7) is 6.54. The van der Waals surface area contributed by atoms with Crippen LogP contribution in [0.2, 0.25) is 0 Å². The second-order valence-corrected chi connectivity index (χ2v) is 25.6. The van der Waals surface area contributed by atoms with E-state index in [0.29, 0.717) is 0 Å². The molecule has 0 N–H and O–H groups in total. The predicted molar refractivity (Wildman–Crippen MR) is 327 cm³/mol. The summed E-state index contributed by atoms with van der Waals surface area (Å²) < 4.78 is 6.64. The van der Waals surface area contributed by atoms with Crippen LogP contribution in [0.5, 0.6) is 0 Å². The van der Waals surface area contributed by atoms with Crippen LogP contribution in [0.3, 0.4) is 0 Å². The first kappa shape index (κ1) is 48.9. The fourth-order valence-corrected chi connectivity index (χ4v) is 17.9. The minimum atomic E-state index is -1.91. The quantitative estimate of drug-likeness (QED) is 0.0759. The summed E-state index contributed by atoms with van der Waals surface area (Å²) in [4.78, 5) is 0. The van der Waals surface area contributed by atoms with Gasteiger partial charge in [0.05, 0.1) is 17.1 Å². The molecule has 12 aromatic rings. The molecule has 3 aromatic heterocycles. The fourth-order valence-electron chi connectivity index (χ4n) is 10.6. The highest BCUT2D eigenvalue weighted by molar-refractivity contribution is 7.81. The average molecular weight is 1040 g/mol. The van der Waals surface area contributed by atoms with Gasteiger partial charge in [0, 0.05) is 16.7 Å². The molecule has 3 heterocycles. The SMILES string of the molecule is Cc1cc(-c2ccccc2P(c2ccccc2)c2ccccc2)nn1[BH-](n1nc(-c2ccccc2P(c2ccccc2)c2ccccc2)cc1C)n1nc(-c2ccccc2P(c2ccccc2)c2ccccc2)cc1C. The molecule has 6 nitrogen and oxygen atoms in total. The van der Waals surface area contributed by atoms with E-state index in [1.165, 1.54) is 47.7 Å². The smallest absolute Gasteiger partial charge is 0.326 e. The average Bonchev–Trinajstić information content (AvgIpc) is 4.25. The van der Waals surface area contributed by atoms with Gasteiger partial charge in [-0.15, -0.1) is 0 Å². The van der Waals surface area contributed by atoms with Crippen LogP contribution < -0.4 is 47.7 Å². The van der Waals surface area contributed by atoms with Gasteiger partial charge in [-0.2, -0.15) is 0 Å². The maximum absolute atomic E-state index is 5.71. The summed E-state index contributed by atoms with van der Waals surface area (Å²) in [5, 5.41) is 28.7. The summed E-state index contributed by atoms with van der Waals surface area (Å²) in [5.74, 6) is 0. The molecule has 0 aliphatic rings. The van der Waals surface area contributed by atoms with Crippen molar-refractivity contribution in [3.63, 3.8) is 0 Å². The van der Waals surface area contributed by atoms with Crippen LogP contribution in [0.15, 0.2) is 273 Å². The fraction of sp³-hybridized carbons (Fsp3) is 0.0455. The second-order valence-electron chi connectivity index (χ2n) is 19.0. The first-order valence-corrected chi connectivity index (χ1v) is 29.9. The van der Waals surface area contributed by atoms with Crippen LogP contribution in [0.4, 0.5) is 0 Å². The maximum atomic E-state index is 5.71. The molecular formula is C66H55BN6P3-. The molecule has 368 valence electrons. The zero-order valence-corrected chi connectivity index (χ0v) is 45.4. The zero-order chi connectivity index (χ0) is 51.4. The lowest BCUT2D eigenvalue weighted by atomic mass is 9.93. The molecule has 0 unspecified atom stereocenters. The molecule has 0 saturated carbocycles. The molecular weight excluding hydrogens is 981 g/mol. The lowest BCUT2D eigenvalue weighted by Crippen LogP contribution is -2.45. The first-order chi connectivity index (χ1) is 37.5. The molecule has 76 heavy (non-hydrogen) atoms. The number of hydrogen-bond acceptors (Lipinski definition) is 3. The van der Waals surface area contributed by atoms with Crippen LogP contribution in [0.25, 0.3) is 33.8 Å². The van der Waals surface area contributed by atoms with E-state index in [1.807, 2.05) is 0 Å². The van der Waals surface area contributed by atoms with Gasteiger partial charge in [0.15, 0.2) is 0 Å². The van der Waals surface area contributed by atoms with Crippen molar-refractivity contribution < 1.29 is 0 Å². The number of nitrogens with zero attached hydrogens (tertiary/aromatic N) is 6.